The summed E-state index contributed by atoms with van der Waals surface area (Å²) in [4.78, 5) is 4.51. The molecule has 0 unspecified atom stereocenters. The molecule has 0 spiro atoms. The number of hydrogen-bond acceptors (Lipinski definition) is 3. The van der Waals surface area contributed by atoms with E-state index in [0.29, 0.717) is 0 Å². The second-order valence-corrected chi connectivity index (χ2v) is 4.69. The first kappa shape index (κ1) is 13.1. The highest BCUT2D eigenvalue weighted by Gasteiger charge is 2.33. The summed E-state index contributed by atoms with van der Waals surface area (Å²) in [5.41, 5.74) is 5.37. The molecule has 4 heteroatoms. The van der Waals surface area contributed by atoms with Gasteiger partial charge >= 0.3 is 0 Å². The topological polar surface area (TPSA) is 27.6 Å². The number of nitrogens with zero attached hydrogens (tertiary/aromatic N) is 3. The Morgan fingerprint density at radius 2 is 2.19 bits per heavy atom. The van der Waals surface area contributed by atoms with Gasteiger partial charge < -0.3 is 0 Å². The van der Waals surface area contributed by atoms with Gasteiger partial charge in [-0.2, -0.15) is 0 Å². The van der Waals surface area contributed by atoms with Crippen molar-refractivity contribution in [2.75, 3.05) is 34.7 Å². The van der Waals surface area contributed by atoms with Crippen molar-refractivity contribution in [3.05, 3.63) is 24.0 Å². The monoisotopic (exact) mass is 223 g/mol. The first-order chi connectivity index (χ1) is 7.39. The molecule has 0 aromatic rings. The van der Waals surface area contributed by atoms with E-state index in [1.807, 2.05) is 27.2 Å². The van der Waals surface area contributed by atoms with Gasteiger partial charge in [-0.3, -0.25) is 5.43 Å². The fourth-order valence-corrected chi connectivity index (χ4v) is 1.87. The highest BCUT2D eigenvalue weighted by molar-refractivity contribution is 5.79. The van der Waals surface area contributed by atoms with Crippen molar-refractivity contribution in [3.63, 3.8) is 0 Å². The molecule has 90 valence electrons. The van der Waals surface area contributed by atoms with Crippen LogP contribution in [0.3, 0.4) is 0 Å². The lowest BCUT2D eigenvalue weighted by molar-refractivity contribution is -0.754. The van der Waals surface area contributed by atoms with Gasteiger partial charge in [0.2, 0.25) is 5.84 Å². The minimum atomic E-state index is 0.729. The number of rotatable bonds is 5. The van der Waals surface area contributed by atoms with Gasteiger partial charge in [0.15, 0.2) is 5.70 Å². The summed E-state index contributed by atoms with van der Waals surface area (Å²) >= 11 is 0. The third-order valence-corrected chi connectivity index (χ3v) is 3.07. The molecule has 0 saturated carbocycles. The van der Waals surface area contributed by atoms with E-state index in [9.17, 15) is 0 Å². The first-order valence-electron chi connectivity index (χ1n) is 5.56. The van der Waals surface area contributed by atoms with Crippen LogP contribution in [-0.4, -0.2) is 50.1 Å². The van der Waals surface area contributed by atoms with Crippen molar-refractivity contribution in [3.8, 4) is 0 Å². The third-order valence-electron chi connectivity index (χ3n) is 3.07. The Morgan fingerprint density at radius 1 is 1.56 bits per heavy atom. The summed E-state index contributed by atoms with van der Waals surface area (Å²) in [5.74, 6) is 1.18. The molecule has 0 saturated heterocycles. The van der Waals surface area contributed by atoms with Gasteiger partial charge in [0, 0.05) is 19.2 Å². The van der Waals surface area contributed by atoms with Crippen molar-refractivity contribution in [2.24, 2.45) is 4.99 Å². The highest BCUT2D eigenvalue weighted by atomic mass is 15.5. The van der Waals surface area contributed by atoms with Crippen molar-refractivity contribution in [1.82, 2.24) is 10.4 Å². The van der Waals surface area contributed by atoms with Gasteiger partial charge in [-0.05, 0) is 14.0 Å². The molecule has 1 aliphatic heterocycles. The minimum Gasteiger partial charge on any atom is -0.259 e. The Kier molecular flexibility index (Phi) is 4.02. The minimum absolute atomic E-state index is 0.729. The number of nitrogens with one attached hydrogen (secondary N) is 1. The lowest BCUT2D eigenvalue weighted by Crippen LogP contribution is -2.44. The molecular formula is C12H23N4+. The molecule has 0 aromatic carbocycles. The smallest absolute Gasteiger partial charge is 0.209 e. The van der Waals surface area contributed by atoms with E-state index in [1.54, 1.807) is 0 Å². The molecule has 1 rings (SSSR count). The first-order valence-corrected chi connectivity index (χ1v) is 5.56. The normalized spacial score (nSPS) is 18.6. The Hall–Kier alpha value is -0.970. The number of aliphatic imine (C=N–C) groups is 1. The molecule has 4 nitrogen and oxygen atoms in total. The number of likely N-dealkylation sites (N-methyl/N-ethyl adjacent to an activating group) is 1. The maximum absolute atomic E-state index is 4.51. The molecule has 0 bridgehead atoms. The number of allylic oxidation sites excluding steroid dienone is 1. The summed E-state index contributed by atoms with van der Waals surface area (Å²) in [6.45, 7) is 6.98. The van der Waals surface area contributed by atoms with Crippen LogP contribution in [0.25, 0.3) is 0 Å². The van der Waals surface area contributed by atoms with Crippen LogP contribution < -0.4 is 5.43 Å². The Morgan fingerprint density at radius 3 is 2.62 bits per heavy atom. The SMILES string of the molecule is C=C(C)C1=CN=C(CCN(C)NC)[N+]1(C)C. The van der Waals surface area contributed by atoms with E-state index in [2.05, 4.69) is 36.1 Å². The Labute approximate surface area is 98.5 Å². The standard InChI is InChI=1S/C12H23N4/c1-10(2)11-9-14-12(16(11,5)6)7-8-15(4)13-3/h9,13H,1,7-8H2,2-6H3/q+1. The van der Waals surface area contributed by atoms with Crippen molar-refractivity contribution in [1.29, 1.82) is 0 Å². The van der Waals surface area contributed by atoms with E-state index in [4.69, 9.17) is 0 Å². The second-order valence-electron chi connectivity index (χ2n) is 4.69. The maximum atomic E-state index is 4.51. The number of quaternary nitrogens is 1. The number of hydrazine groups is 1. The van der Waals surface area contributed by atoms with E-state index >= 15 is 0 Å². The molecule has 1 aliphatic rings. The molecule has 0 fully saturated rings. The molecule has 0 amide bonds. The third kappa shape index (κ3) is 2.58. The van der Waals surface area contributed by atoms with Gasteiger partial charge in [0.1, 0.15) is 0 Å². The summed E-state index contributed by atoms with van der Waals surface area (Å²) in [6.07, 6.45) is 2.90. The molecule has 0 atom stereocenters. The van der Waals surface area contributed by atoms with Gasteiger partial charge in [0.25, 0.3) is 0 Å². The fraction of sp³-hybridized carbons (Fsp3) is 0.583. The molecule has 1 heterocycles. The van der Waals surface area contributed by atoms with Gasteiger partial charge in [-0.1, -0.05) is 6.58 Å². The zero-order valence-electron chi connectivity index (χ0n) is 11.0. The summed E-state index contributed by atoms with van der Waals surface area (Å²) in [6, 6.07) is 0. The number of amidine groups is 1. The number of hydrogen-bond donors (Lipinski definition) is 1. The molecule has 16 heavy (non-hydrogen) atoms. The van der Waals surface area contributed by atoms with Crippen LogP contribution in [0, 0.1) is 0 Å². The zero-order valence-corrected chi connectivity index (χ0v) is 11.0. The fourth-order valence-electron chi connectivity index (χ4n) is 1.87. The van der Waals surface area contributed by atoms with Crippen molar-refractivity contribution in [2.45, 2.75) is 13.3 Å². The zero-order chi connectivity index (χ0) is 12.3. The maximum Gasteiger partial charge on any atom is 0.209 e. The highest BCUT2D eigenvalue weighted by Crippen LogP contribution is 2.26. The van der Waals surface area contributed by atoms with Crippen LogP contribution in [0.5, 0.6) is 0 Å². The van der Waals surface area contributed by atoms with Crippen LogP contribution in [0.2, 0.25) is 0 Å². The van der Waals surface area contributed by atoms with E-state index < -0.39 is 0 Å². The predicted molar refractivity (Wildman–Crippen MR) is 68.7 cm³/mol. The molecule has 0 aliphatic carbocycles. The predicted octanol–water partition coefficient (Wildman–Crippen LogP) is 1.35. The van der Waals surface area contributed by atoms with Crippen molar-refractivity contribution < 1.29 is 4.48 Å². The summed E-state index contributed by atoms with van der Waals surface area (Å²) in [7, 11) is 8.27. The quantitative estimate of drug-likeness (QED) is 0.563. The van der Waals surface area contributed by atoms with E-state index in [0.717, 1.165) is 23.0 Å². The second kappa shape index (κ2) is 4.91. The lowest BCUT2D eigenvalue weighted by atomic mass is 10.2. The van der Waals surface area contributed by atoms with Crippen LogP contribution in [0.1, 0.15) is 13.3 Å². The van der Waals surface area contributed by atoms with Crippen molar-refractivity contribution >= 4 is 5.84 Å². The van der Waals surface area contributed by atoms with Gasteiger partial charge in [-0.25, -0.2) is 14.5 Å². The molecule has 0 aromatic heterocycles. The van der Waals surface area contributed by atoms with E-state index in [-0.39, 0.29) is 0 Å². The van der Waals surface area contributed by atoms with Crippen LogP contribution >= 0.6 is 0 Å². The summed E-state index contributed by atoms with van der Waals surface area (Å²) in [5, 5.41) is 2.06. The Bertz CT molecular complexity index is 339. The molecular weight excluding hydrogens is 200 g/mol. The van der Waals surface area contributed by atoms with Crippen LogP contribution in [0.15, 0.2) is 29.0 Å². The average Bonchev–Trinajstić information content (AvgIpc) is 2.50. The van der Waals surface area contributed by atoms with E-state index in [1.165, 1.54) is 11.5 Å². The largest absolute Gasteiger partial charge is 0.259 e. The van der Waals surface area contributed by atoms with Crippen LogP contribution in [0.4, 0.5) is 0 Å². The summed E-state index contributed by atoms with van der Waals surface area (Å²) < 4.78 is 0.729. The van der Waals surface area contributed by atoms with Gasteiger partial charge in [-0.15, -0.1) is 0 Å². The molecule has 1 N–H and O–H groups in total. The lowest BCUT2D eigenvalue weighted by Gasteiger charge is -2.28. The Balaban J connectivity index is 2.64. The van der Waals surface area contributed by atoms with Gasteiger partial charge in [0.05, 0.1) is 26.7 Å². The molecule has 0 radical (unpaired) electrons. The average molecular weight is 223 g/mol. The van der Waals surface area contributed by atoms with Crippen LogP contribution in [-0.2, 0) is 0 Å².